The first kappa shape index (κ1) is 19.2. The van der Waals surface area contributed by atoms with Crippen molar-refractivity contribution in [2.24, 2.45) is 0 Å². The van der Waals surface area contributed by atoms with E-state index in [0.29, 0.717) is 19.0 Å². The summed E-state index contributed by atoms with van der Waals surface area (Å²) in [5.41, 5.74) is 1.51. The summed E-state index contributed by atoms with van der Waals surface area (Å²) >= 11 is 0. The van der Waals surface area contributed by atoms with E-state index >= 15 is 0 Å². The molecule has 3 aromatic rings. The molecule has 29 heavy (non-hydrogen) atoms. The predicted octanol–water partition coefficient (Wildman–Crippen LogP) is 2.77. The van der Waals surface area contributed by atoms with Gasteiger partial charge in [-0.25, -0.2) is 14.1 Å². The van der Waals surface area contributed by atoms with E-state index < -0.39 is 4.92 Å². The zero-order valence-electron chi connectivity index (χ0n) is 15.8. The lowest BCUT2D eigenvalue weighted by Crippen LogP contribution is -2.46. The second-order valence-electron chi connectivity index (χ2n) is 7.04. The van der Waals surface area contributed by atoms with Gasteiger partial charge in [-0.15, -0.1) is 5.10 Å². The first-order chi connectivity index (χ1) is 14.1. The van der Waals surface area contributed by atoms with Crippen LogP contribution in [0.5, 0.6) is 0 Å². The van der Waals surface area contributed by atoms with Crippen molar-refractivity contribution in [2.75, 3.05) is 26.2 Å². The van der Waals surface area contributed by atoms with Crippen LogP contribution < -0.4 is 0 Å². The van der Waals surface area contributed by atoms with Gasteiger partial charge < -0.3 is 0 Å². The Morgan fingerprint density at radius 1 is 1.00 bits per heavy atom. The van der Waals surface area contributed by atoms with E-state index in [-0.39, 0.29) is 11.5 Å². The molecule has 1 aliphatic rings. The molecule has 8 nitrogen and oxygen atoms in total. The third-order valence-electron chi connectivity index (χ3n) is 5.03. The van der Waals surface area contributed by atoms with E-state index in [1.807, 2.05) is 12.1 Å². The Labute approximate surface area is 167 Å². The maximum atomic E-state index is 13.8. The summed E-state index contributed by atoms with van der Waals surface area (Å²) in [6, 6.07) is 13.1. The number of benzene rings is 2. The Balaban J connectivity index is 1.31. The van der Waals surface area contributed by atoms with Gasteiger partial charge in [-0.3, -0.25) is 19.9 Å². The van der Waals surface area contributed by atoms with Crippen LogP contribution in [0.15, 0.2) is 54.9 Å². The quantitative estimate of drug-likeness (QED) is 0.471. The third-order valence-corrected chi connectivity index (χ3v) is 5.03. The fraction of sp³-hybridized carbons (Fsp3) is 0.300. The molecule has 0 spiro atoms. The number of nitro benzene ring substituents is 1. The zero-order valence-corrected chi connectivity index (χ0v) is 15.8. The molecule has 2 aromatic carbocycles. The van der Waals surface area contributed by atoms with Gasteiger partial charge in [-0.1, -0.05) is 18.2 Å². The highest BCUT2D eigenvalue weighted by Gasteiger charge is 2.18. The van der Waals surface area contributed by atoms with Gasteiger partial charge >= 0.3 is 0 Å². The minimum Gasteiger partial charge on any atom is -0.296 e. The zero-order chi connectivity index (χ0) is 20.2. The lowest BCUT2D eigenvalue weighted by atomic mass is 10.2. The van der Waals surface area contributed by atoms with Gasteiger partial charge in [0, 0.05) is 56.0 Å². The Kier molecular flexibility index (Phi) is 5.59. The molecule has 0 atom stereocenters. The summed E-state index contributed by atoms with van der Waals surface area (Å²) in [4.78, 5) is 19.2. The third kappa shape index (κ3) is 4.64. The lowest BCUT2D eigenvalue weighted by molar-refractivity contribution is -0.384. The van der Waals surface area contributed by atoms with E-state index in [2.05, 4.69) is 19.9 Å². The van der Waals surface area contributed by atoms with Crippen LogP contribution in [0, 0.1) is 15.9 Å². The van der Waals surface area contributed by atoms with Crippen molar-refractivity contribution in [2.45, 2.75) is 13.2 Å². The number of rotatable bonds is 6. The fourth-order valence-electron chi connectivity index (χ4n) is 3.39. The highest BCUT2D eigenvalue weighted by molar-refractivity contribution is 5.56. The smallest absolute Gasteiger partial charge is 0.269 e. The fourth-order valence-corrected chi connectivity index (χ4v) is 3.39. The standard InChI is InChI=1S/C20H21FN6O2/c21-19-4-2-1-3-17(19)13-24-9-11-25(12-10-24)15-26-14-22-20(23-26)16-5-7-18(8-6-16)27(28)29/h1-8,14H,9-13,15H2. The van der Waals surface area contributed by atoms with Gasteiger partial charge in [0.1, 0.15) is 12.1 Å². The van der Waals surface area contributed by atoms with Crippen LogP contribution in [0.1, 0.15) is 5.56 Å². The predicted molar refractivity (Wildman–Crippen MR) is 105 cm³/mol. The number of nitro groups is 1. The van der Waals surface area contributed by atoms with E-state index in [1.54, 1.807) is 29.2 Å². The minimum absolute atomic E-state index is 0.0430. The Hall–Kier alpha value is -3.17. The highest BCUT2D eigenvalue weighted by atomic mass is 19.1. The molecule has 1 aromatic heterocycles. The van der Waals surface area contributed by atoms with Crippen molar-refractivity contribution >= 4 is 5.69 Å². The molecule has 0 N–H and O–H groups in total. The van der Waals surface area contributed by atoms with Crippen LogP contribution in [0.2, 0.25) is 0 Å². The van der Waals surface area contributed by atoms with Gasteiger partial charge in [-0.05, 0) is 18.2 Å². The second-order valence-corrected chi connectivity index (χ2v) is 7.04. The summed E-state index contributed by atoms with van der Waals surface area (Å²) in [5.74, 6) is 0.384. The van der Waals surface area contributed by atoms with Crippen LogP contribution in [-0.2, 0) is 13.2 Å². The van der Waals surface area contributed by atoms with Crippen molar-refractivity contribution in [1.29, 1.82) is 0 Å². The van der Waals surface area contributed by atoms with E-state index in [1.165, 1.54) is 18.2 Å². The monoisotopic (exact) mass is 396 g/mol. The molecule has 1 fully saturated rings. The van der Waals surface area contributed by atoms with E-state index in [9.17, 15) is 14.5 Å². The molecule has 1 saturated heterocycles. The van der Waals surface area contributed by atoms with E-state index in [0.717, 1.165) is 37.3 Å². The topological polar surface area (TPSA) is 80.3 Å². The van der Waals surface area contributed by atoms with E-state index in [4.69, 9.17) is 0 Å². The van der Waals surface area contributed by atoms with Gasteiger partial charge in [0.05, 0.1) is 11.6 Å². The van der Waals surface area contributed by atoms with Crippen LogP contribution in [0.25, 0.3) is 11.4 Å². The van der Waals surface area contributed by atoms with Crippen LogP contribution in [0.3, 0.4) is 0 Å². The number of hydrogen-bond donors (Lipinski definition) is 0. The van der Waals surface area contributed by atoms with Crippen LogP contribution in [-0.4, -0.2) is 55.7 Å². The molecule has 0 amide bonds. The molecular weight excluding hydrogens is 375 g/mol. The lowest BCUT2D eigenvalue weighted by Gasteiger charge is -2.34. The molecule has 2 heterocycles. The van der Waals surface area contributed by atoms with Crippen molar-refractivity contribution in [1.82, 2.24) is 24.6 Å². The highest BCUT2D eigenvalue weighted by Crippen LogP contribution is 2.19. The maximum absolute atomic E-state index is 13.8. The first-order valence-corrected chi connectivity index (χ1v) is 9.41. The summed E-state index contributed by atoms with van der Waals surface area (Å²) in [6.07, 6.45) is 1.67. The number of piperazine rings is 1. The van der Waals surface area contributed by atoms with Crippen molar-refractivity contribution in [3.63, 3.8) is 0 Å². The summed E-state index contributed by atoms with van der Waals surface area (Å²) in [6.45, 7) is 4.68. The molecule has 150 valence electrons. The Bertz CT molecular complexity index is 983. The maximum Gasteiger partial charge on any atom is 0.269 e. The van der Waals surface area contributed by atoms with Crippen molar-refractivity contribution in [3.05, 3.63) is 76.4 Å². The number of non-ortho nitro benzene ring substituents is 1. The van der Waals surface area contributed by atoms with Crippen LogP contribution in [0.4, 0.5) is 10.1 Å². The average Bonchev–Trinajstić information content (AvgIpc) is 3.20. The van der Waals surface area contributed by atoms with Gasteiger partial charge in [0.2, 0.25) is 0 Å². The van der Waals surface area contributed by atoms with Crippen molar-refractivity contribution in [3.8, 4) is 11.4 Å². The molecule has 0 radical (unpaired) electrons. The molecule has 0 bridgehead atoms. The van der Waals surface area contributed by atoms with Gasteiger partial charge in [0.25, 0.3) is 5.69 Å². The summed E-state index contributed by atoms with van der Waals surface area (Å²) in [5, 5.41) is 15.2. The summed E-state index contributed by atoms with van der Waals surface area (Å²) < 4.78 is 15.6. The van der Waals surface area contributed by atoms with Gasteiger partial charge in [-0.2, -0.15) is 0 Å². The molecule has 9 heteroatoms. The van der Waals surface area contributed by atoms with Gasteiger partial charge in [0.15, 0.2) is 5.82 Å². The number of hydrogen-bond acceptors (Lipinski definition) is 6. The average molecular weight is 396 g/mol. The van der Waals surface area contributed by atoms with Crippen molar-refractivity contribution < 1.29 is 9.31 Å². The Morgan fingerprint density at radius 3 is 2.38 bits per heavy atom. The Morgan fingerprint density at radius 2 is 1.69 bits per heavy atom. The minimum atomic E-state index is -0.429. The molecule has 1 aliphatic heterocycles. The normalized spacial score (nSPS) is 15.5. The molecule has 4 rings (SSSR count). The number of aromatic nitrogens is 3. The SMILES string of the molecule is O=[N+]([O-])c1ccc(-c2ncn(CN3CCN(Cc4ccccc4F)CC3)n2)cc1. The van der Waals surface area contributed by atoms with Crippen LogP contribution >= 0.6 is 0 Å². The largest absolute Gasteiger partial charge is 0.296 e. The number of nitrogens with zero attached hydrogens (tertiary/aromatic N) is 6. The number of halogens is 1. The molecular formula is C20H21FN6O2. The molecule has 0 saturated carbocycles. The first-order valence-electron chi connectivity index (χ1n) is 9.41. The summed E-state index contributed by atoms with van der Waals surface area (Å²) in [7, 11) is 0. The molecule has 0 aliphatic carbocycles. The molecule has 0 unspecified atom stereocenters. The second kappa shape index (κ2) is 8.46.